The van der Waals surface area contributed by atoms with Gasteiger partial charge >= 0.3 is 0 Å². The predicted octanol–water partition coefficient (Wildman–Crippen LogP) is 1.57. The van der Waals surface area contributed by atoms with Crippen LogP contribution in [0, 0.1) is 5.92 Å². The van der Waals surface area contributed by atoms with Crippen molar-refractivity contribution in [3.05, 3.63) is 29.6 Å². The van der Waals surface area contributed by atoms with E-state index in [1.807, 2.05) is 12.3 Å². The molecule has 70 valence electrons. The second kappa shape index (κ2) is 3.88. The minimum atomic E-state index is 0.327. The first-order chi connectivity index (χ1) is 6.40. The van der Waals surface area contributed by atoms with Crippen LogP contribution >= 0.6 is 0 Å². The molecule has 0 fully saturated rings. The lowest BCUT2D eigenvalue weighted by atomic mass is 10.0. The molecular weight excluding hydrogens is 162 g/mol. The Kier molecular flexibility index (Phi) is 2.60. The number of pyridine rings is 1. The Labute approximate surface area is 78.6 Å². The molecule has 1 heterocycles. The minimum Gasteiger partial charge on any atom is -0.396 e. The summed E-state index contributed by atoms with van der Waals surface area (Å²) in [5, 5.41) is 9.07. The summed E-state index contributed by atoms with van der Waals surface area (Å²) in [6, 6.07) is 4.15. The van der Waals surface area contributed by atoms with Crippen LogP contribution in [0.2, 0.25) is 0 Å². The van der Waals surface area contributed by atoms with E-state index in [1.54, 1.807) is 0 Å². The van der Waals surface area contributed by atoms with E-state index in [0.717, 1.165) is 25.7 Å². The van der Waals surface area contributed by atoms with Crippen molar-refractivity contribution in [2.45, 2.75) is 25.7 Å². The number of aliphatic hydroxyl groups excluding tert-OH is 1. The van der Waals surface area contributed by atoms with Gasteiger partial charge in [-0.3, -0.25) is 4.98 Å². The molecule has 1 aromatic heterocycles. The quantitative estimate of drug-likeness (QED) is 0.660. The van der Waals surface area contributed by atoms with Crippen molar-refractivity contribution in [3.63, 3.8) is 0 Å². The van der Waals surface area contributed by atoms with E-state index in [-0.39, 0.29) is 0 Å². The van der Waals surface area contributed by atoms with E-state index in [9.17, 15) is 0 Å². The Bertz CT molecular complexity index is 258. The second-order valence-corrected chi connectivity index (χ2v) is 3.74. The fourth-order valence-corrected chi connectivity index (χ4v) is 1.95. The maximum absolute atomic E-state index is 9.07. The summed E-state index contributed by atoms with van der Waals surface area (Å²) in [5.41, 5.74) is 2.61. The third kappa shape index (κ3) is 1.89. The first-order valence-corrected chi connectivity index (χ1v) is 4.94. The van der Waals surface area contributed by atoms with Gasteiger partial charge in [-0.25, -0.2) is 0 Å². The van der Waals surface area contributed by atoms with Gasteiger partial charge in [-0.05, 0) is 43.2 Å². The van der Waals surface area contributed by atoms with Crippen LogP contribution in [-0.2, 0) is 12.8 Å². The molecule has 0 aliphatic heterocycles. The standard InChI is InChI=1S/C11H15NO/c13-8-9-3-5-10-2-1-7-12-11(10)6-4-9/h1-2,7,9,13H,3-6,8H2/t9-/m1/s1. The van der Waals surface area contributed by atoms with Crippen LogP contribution in [0.15, 0.2) is 18.3 Å². The number of rotatable bonds is 1. The number of hydrogen-bond donors (Lipinski definition) is 1. The van der Waals surface area contributed by atoms with Gasteiger partial charge in [0.2, 0.25) is 0 Å². The highest BCUT2D eigenvalue weighted by Crippen LogP contribution is 2.22. The third-order valence-electron chi connectivity index (χ3n) is 2.85. The van der Waals surface area contributed by atoms with Crippen molar-refractivity contribution in [2.24, 2.45) is 5.92 Å². The molecule has 1 N–H and O–H groups in total. The fourth-order valence-electron chi connectivity index (χ4n) is 1.95. The average Bonchev–Trinajstić information content (AvgIpc) is 2.39. The van der Waals surface area contributed by atoms with E-state index in [0.29, 0.717) is 12.5 Å². The summed E-state index contributed by atoms with van der Waals surface area (Å²) in [4.78, 5) is 4.37. The van der Waals surface area contributed by atoms with E-state index < -0.39 is 0 Å². The number of hydrogen-bond acceptors (Lipinski definition) is 2. The molecule has 2 heteroatoms. The largest absolute Gasteiger partial charge is 0.396 e. The molecule has 0 aromatic carbocycles. The van der Waals surface area contributed by atoms with Gasteiger partial charge in [-0.15, -0.1) is 0 Å². The molecule has 0 bridgehead atoms. The van der Waals surface area contributed by atoms with Crippen molar-refractivity contribution in [2.75, 3.05) is 6.61 Å². The zero-order valence-electron chi connectivity index (χ0n) is 7.74. The fraction of sp³-hybridized carbons (Fsp3) is 0.545. The van der Waals surface area contributed by atoms with Crippen LogP contribution in [0.3, 0.4) is 0 Å². The van der Waals surface area contributed by atoms with Crippen LogP contribution < -0.4 is 0 Å². The molecule has 0 saturated carbocycles. The highest BCUT2D eigenvalue weighted by Gasteiger charge is 2.15. The number of aromatic nitrogens is 1. The Balaban J connectivity index is 2.17. The lowest BCUT2D eigenvalue weighted by Crippen LogP contribution is -2.05. The Morgan fingerprint density at radius 1 is 1.38 bits per heavy atom. The van der Waals surface area contributed by atoms with Crippen molar-refractivity contribution >= 4 is 0 Å². The van der Waals surface area contributed by atoms with E-state index in [1.165, 1.54) is 11.3 Å². The molecular formula is C11H15NO. The van der Waals surface area contributed by atoms with E-state index >= 15 is 0 Å². The van der Waals surface area contributed by atoms with Crippen molar-refractivity contribution in [1.82, 2.24) is 4.98 Å². The summed E-state index contributed by atoms with van der Waals surface area (Å²) in [6.07, 6.45) is 6.16. The number of nitrogens with zero attached hydrogens (tertiary/aromatic N) is 1. The molecule has 0 unspecified atom stereocenters. The van der Waals surface area contributed by atoms with Gasteiger partial charge in [0.05, 0.1) is 0 Å². The maximum atomic E-state index is 9.07. The highest BCUT2D eigenvalue weighted by molar-refractivity contribution is 5.21. The molecule has 1 aliphatic rings. The summed E-state index contributed by atoms with van der Waals surface area (Å²) in [5.74, 6) is 0.481. The molecule has 2 nitrogen and oxygen atoms in total. The lowest BCUT2D eigenvalue weighted by Gasteiger charge is -2.07. The van der Waals surface area contributed by atoms with E-state index in [4.69, 9.17) is 5.11 Å². The zero-order valence-corrected chi connectivity index (χ0v) is 7.74. The average molecular weight is 177 g/mol. The number of aryl methyl sites for hydroxylation is 2. The van der Waals surface area contributed by atoms with Gasteiger partial charge < -0.3 is 5.11 Å². The van der Waals surface area contributed by atoms with Crippen LogP contribution in [0.25, 0.3) is 0 Å². The molecule has 1 atom stereocenters. The van der Waals surface area contributed by atoms with Gasteiger partial charge in [-0.1, -0.05) is 6.07 Å². The van der Waals surface area contributed by atoms with Crippen molar-refractivity contribution in [3.8, 4) is 0 Å². The van der Waals surface area contributed by atoms with Gasteiger partial charge in [0, 0.05) is 18.5 Å². The molecule has 1 aromatic rings. The second-order valence-electron chi connectivity index (χ2n) is 3.74. The monoisotopic (exact) mass is 177 g/mol. The topological polar surface area (TPSA) is 33.1 Å². The molecule has 0 saturated heterocycles. The molecule has 0 amide bonds. The molecule has 0 spiro atoms. The normalized spacial score (nSPS) is 22.1. The molecule has 0 radical (unpaired) electrons. The predicted molar refractivity (Wildman–Crippen MR) is 51.5 cm³/mol. The highest BCUT2D eigenvalue weighted by atomic mass is 16.3. The summed E-state index contributed by atoms with van der Waals surface area (Å²) < 4.78 is 0. The van der Waals surface area contributed by atoms with Crippen LogP contribution in [-0.4, -0.2) is 16.7 Å². The zero-order chi connectivity index (χ0) is 9.10. The number of aliphatic hydroxyl groups is 1. The van der Waals surface area contributed by atoms with Crippen LogP contribution in [0.1, 0.15) is 24.1 Å². The Morgan fingerprint density at radius 2 is 2.23 bits per heavy atom. The first-order valence-electron chi connectivity index (χ1n) is 4.94. The first kappa shape index (κ1) is 8.70. The van der Waals surface area contributed by atoms with Crippen LogP contribution in [0.4, 0.5) is 0 Å². The van der Waals surface area contributed by atoms with Gasteiger partial charge in [0.25, 0.3) is 0 Å². The molecule has 1 aliphatic carbocycles. The van der Waals surface area contributed by atoms with Crippen molar-refractivity contribution < 1.29 is 5.11 Å². The maximum Gasteiger partial charge on any atom is 0.0459 e. The third-order valence-corrected chi connectivity index (χ3v) is 2.85. The van der Waals surface area contributed by atoms with Gasteiger partial charge in [-0.2, -0.15) is 0 Å². The summed E-state index contributed by atoms with van der Waals surface area (Å²) in [6.45, 7) is 0.327. The summed E-state index contributed by atoms with van der Waals surface area (Å²) >= 11 is 0. The smallest absolute Gasteiger partial charge is 0.0459 e. The van der Waals surface area contributed by atoms with E-state index in [2.05, 4.69) is 11.1 Å². The Morgan fingerprint density at radius 3 is 3.08 bits per heavy atom. The molecule has 2 rings (SSSR count). The molecule has 13 heavy (non-hydrogen) atoms. The minimum absolute atomic E-state index is 0.327. The SMILES string of the molecule is OC[C@@H]1CCc2cccnc2CC1. The van der Waals surface area contributed by atoms with Crippen LogP contribution in [0.5, 0.6) is 0 Å². The lowest BCUT2D eigenvalue weighted by molar-refractivity contribution is 0.213. The summed E-state index contributed by atoms with van der Waals surface area (Å²) in [7, 11) is 0. The Hall–Kier alpha value is -0.890. The van der Waals surface area contributed by atoms with Crippen molar-refractivity contribution in [1.29, 1.82) is 0 Å². The van der Waals surface area contributed by atoms with Gasteiger partial charge in [0.15, 0.2) is 0 Å². The van der Waals surface area contributed by atoms with Gasteiger partial charge in [0.1, 0.15) is 0 Å². The number of fused-ring (bicyclic) bond motifs is 1.